The number of carbonyl (C=O) groups is 3. The van der Waals surface area contributed by atoms with Gasteiger partial charge in [0.25, 0.3) is 0 Å². The minimum absolute atomic E-state index is 0.0364. The van der Waals surface area contributed by atoms with E-state index < -0.39 is 12.0 Å². The Balaban J connectivity index is 1.39. The van der Waals surface area contributed by atoms with Crippen molar-refractivity contribution in [3.8, 4) is 0 Å². The maximum absolute atomic E-state index is 12.6. The number of hydrogen-bond donors (Lipinski definition) is 2. The first kappa shape index (κ1) is 26.1. The Morgan fingerprint density at radius 1 is 1.03 bits per heavy atom. The van der Waals surface area contributed by atoms with Crippen molar-refractivity contribution >= 4 is 30.6 Å². The molecule has 9 nitrogen and oxygen atoms in total. The topological polar surface area (TPSA) is 108 Å². The molecule has 2 aromatic rings. The molecule has 2 aromatic carbocycles. The van der Waals surface area contributed by atoms with Gasteiger partial charge >= 0.3 is 124 Å². The van der Waals surface area contributed by atoms with Gasteiger partial charge in [0.05, 0.1) is 6.42 Å². The van der Waals surface area contributed by atoms with Gasteiger partial charge < -0.3 is 10.1 Å². The number of nitrogens with zero attached hydrogens (tertiary/aromatic N) is 2. The average molecular weight is 478 g/mol. The van der Waals surface area contributed by atoms with Crippen molar-refractivity contribution < 1.29 is 23.8 Å². The van der Waals surface area contributed by atoms with Gasteiger partial charge in [-0.3, -0.25) is 9.59 Å². The predicted molar refractivity (Wildman–Crippen MR) is 132 cm³/mol. The van der Waals surface area contributed by atoms with Gasteiger partial charge in [-0.15, -0.1) is 0 Å². The number of carbonyl (C=O) groups excluding carboxylic acids is 3. The van der Waals surface area contributed by atoms with E-state index in [0.717, 1.165) is 44.6 Å². The third kappa shape index (κ3) is 8.64. The molecular weight excluding hydrogens is 447 g/mol. The van der Waals surface area contributed by atoms with Gasteiger partial charge in [0.2, 0.25) is 0 Å². The second-order valence-corrected chi connectivity index (χ2v) is 8.51. The van der Waals surface area contributed by atoms with E-state index in [0.29, 0.717) is 12.0 Å². The van der Waals surface area contributed by atoms with E-state index in [9.17, 15) is 19.1 Å². The van der Waals surface area contributed by atoms with Crippen LogP contribution in [0.2, 0.25) is 0 Å². The molecule has 0 aliphatic carbocycles. The van der Waals surface area contributed by atoms with E-state index in [4.69, 9.17) is 4.74 Å². The van der Waals surface area contributed by atoms with Gasteiger partial charge in [0.1, 0.15) is 6.61 Å². The molecule has 1 heterocycles. The summed E-state index contributed by atoms with van der Waals surface area (Å²) in [6.07, 6.45) is 0.473. The van der Waals surface area contributed by atoms with Crippen LogP contribution in [0.3, 0.4) is 0 Å². The number of amides is 2. The van der Waals surface area contributed by atoms with Gasteiger partial charge in [-0.25, -0.2) is 0 Å². The summed E-state index contributed by atoms with van der Waals surface area (Å²) >= 11 is 0. The molecule has 184 valence electrons. The van der Waals surface area contributed by atoms with E-state index >= 15 is 0 Å². The van der Waals surface area contributed by atoms with Crippen molar-refractivity contribution in [1.29, 1.82) is 0 Å². The molecule has 1 aliphatic heterocycles. The summed E-state index contributed by atoms with van der Waals surface area (Å²) in [5, 5.41) is 5.33. The van der Waals surface area contributed by atoms with Crippen LogP contribution in [0.5, 0.6) is 0 Å². The number of piperazine rings is 1. The molecule has 0 spiro atoms. The van der Waals surface area contributed by atoms with Crippen LogP contribution in [0.15, 0.2) is 54.6 Å². The second-order valence-electron chi connectivity index (χ2n) is 8.51. The summed E-state index contributed by atoms with van der Waals surface area (Å²) in [7, 11) is 0.912. The fraction of sp³-hybridized carbons (Fsp3) is 0.400. The molecule has 1 atom stereocenters. The van der Waals surface area contributed by atoms with E-state index in [1.807, 2.05) is 42.5 Å². The van der Waals surface area contributed by atoms with Crippen LogP contribution in [0.4, 0.5) is 5.69 Å². The van der Waals surface area contributed by atoms with E-state index in [1.165, 1.54) is 0 Å². The van der Waals surface area contributed by atoms with Crippen LogP contribution in [-0.4, -0.2) is 75.0 Å². The van der Waals surface area contributed by atoms with Crippen molar-refractivity contribution in [2.45, 2.75) is 26.0 Å². The molecule has 35 heavy (non-hydrogen) atoms. The molecule has 0 aromatic heterocycles. The fourth-order valence-electron chi connectivity index (χ4n) is 3.82. The normalized spacial score (nSPS) is 14.5. The first-order valence-corrected chi connectivity index (χ1v) is 11.7. The molecular formula is C25H31BN4O5. The molecule has 0 saturated carbocycles. The Labute approximate surface area is 206 Å². The van der Waals surface area contributed by atoms with Crippen LogP contribution in [0.25, 0.3) is 0 Å². The Morgan fingerprint density at radius 2 is 1.77 bits per heavy atom. The van der Waals surface area contributed by atoms with Gasteiger partial charge in [-0.1, -0.05) is 30.3 Å². The van der Waals surface area contributed by atoms with Gasteiger partial charge in [-0.2, -0.15) is 0 Å². The van der Waals surface area contributed by atoms with Gasteiger partial charge in [0, 0.05) is 6.04 Å². The Bertz CT molecular complexity index is 1010. The molecule has 0 radical (unpaired) electrons. The minimum atomic E-state index is -0.427. The summed E-state index contributed by atoms with van der Waals surface area (Å²) in [5.74, 6) is -1.14. The third-order valence-corrected chi connectivity index (χ3v) is 5.71. The molecule has 1 unspecified atom stereocenters. The molecule has 2 N–H and O–H groups in total. The van der Waals surface area contributed by atoms with Crippen molar-refractivity contribution in [3.05, 3.63) is 65.7 Å². The van der Waals surface area contributed by atoms with Crippen molar-refractivity contribution in [1.82, 2.24) is 15.5 Å². The summed E-state index contributed by atoms with van der Waals surface area (Å²) in [6.45, 7) is 4.81. The summed E-state index contributed by atoms with van der Waals surface area (Å²) in [5.41, 5.74) is 2.28. The number of esters is 1. The number of nitrogens with one attached hydrogen (secondary N) is 2. The van der Waals surface area contributed by atoms with E-state index in [-0.39, 0.29) is 31.4 Å². The van der Waals surface area contributed by atoms with Crippen molar-refractivity contribution in [3.63, 3.8) is 0 Å². The van der Waals surface area contributed by atoms with Gasteiger partial charge in [-0.05, 0) is 12.5 Å². The molecule has 1 fully saturated rings. The third-order valence-electron chi connectivity index (χ3n) is 5.71. The number of ether oxygens (including phenoxy) is 1. The van der Waals surface area contributed by atoms with Crippen molar-refractivity contribution in [2.75, 3.05) is 44.1 Å². The maximum atomic E-state index is 12.6. The second kappa shape index (κ2) is 13.4. The quantitative estimate of drug-likeness (QED) is 0.369. The van der Waals surface area contributed by atoms with Crippen LogP contribution >= 0.6 is 0 Å². The predicted octanol–water partition coefficient (Wildman–Crippen LogP) is 1.18. The zero-order valence-electron chi connectivity index (χ0n) is 19.9. The summed E-state index contributed by atoms with van der Waals surface area (Å²) in [4.78, 5) is 41.1. The molecule has 1 saturated heterocycles. The Hall–Kier alpha value is -3.53. The molecule has 1 aliphatic rings. The van der Waals surface area contributed by atoms with Gasteiger partial charge in [0.15, 0.2) is 0 Å². The zero-order valence-corrected chi connectivity index (χ0v) is 19.9. The molecule has 0 bridgehead atoms. The molecule has 10 heteroatoms. The summed E-state index contributed by atoms with van der Waals surface area (Å²) in [6, 6.07) is 16.2. The first-order valence-electron chi connectivity index (χ1n) is 11.7. The first-order chi connectivity index (χ1) is 16.9. The number of benzene rings is 2. The Morgan fingerprint density at radius 3 is 2.49 bits per heavy atom. The van der Waals surface area contributed by atoms with Crippen molar-refractivity contribution in [2.24, 2.45) is 0 Å². The van der Waals surface area contributed by atoms with Crippen LogP contribution in [-0.2, 0) is 25.6 Å². The molecule has 2 amide bonds. The number of rotatable bonds is 11. The fourth-order valence-corrected chi connectivity index (χ4v) is 3.82. The van der Waals surface area contributed by atoms with Crippen LogP contribution in [0, 0.1) is 0 Å². The average Bonchev–Trinajstić information content (AvgIpc) is 2.87. The number of hydrogen-bond acceptors (Lipinski definition) is 7. The van der Waals surface area contributed by atoms with E-state index in [1.54, 1.807) is 19.1 Å². The van der Waals surface area contributed by atoms with Crippen LogP contribution in [0.1, 0.15) is 29.3 Å². The number of anilines is 1. The standard InChI is InChI=1S/C25H31BN4O5/c1-19(14-24(32)35-17-20-6-3-2-4-7-20)28-23(31)16-27-25(33)21-8-5-9-22(15-21)30-12-10-29(11-13-30)18-26-34/h2-9,15,19H,10-14,16-18H2,1H3,(H,27,33)(H,28,31). The summed E-state index contributed by atoms with van der Waals surface area (Å²) < 4.78 is 15.9. The molecule has 3 rings (SSSR count). The zero-order chi connectivity index (χ0) is 25.0. The van der Waals surface area contributed by atoms with E-state index in [2.05, 4.69) is 20.4 Å². The Kier molecular flexibility index (Phi) is 9.98. The monoisotopic (exact) mass is 478 g/mol. The van der Waals surface area contributed by atoms with Crippen LogP contribution < -0.4 is 15.5 Å². The SMILES string of the molecule is CC(CC(=O)OCc1ccccc1)NC(=O)CNC(=O)c1cccc(N2CCN(CB=O)CC2)c1.